The lowest BCUT2D eigenvalue weighted by molar-refractivity contribution is -0.134. The number of β-amino-alcohol motifs (C(OH)–C–C–N with tert-alkyl or cyclic N) is 1. The van der Waals surface area contributed by atoms with Gasteiger partial charge in [0.1, 0.15) is 11.9 Å². The Labute approximate surface area is 131 Å². The smallest absolute Gasteiger partial charge is 0.222 e. The van der Waals surface area contributed by atoms with Crippen LogP contribution in [0.25, 0.3) is 0 Å². The summed E-state index contributed by atoms with van der Waals surface area (Å²) in [4.78, 5) is 16.5. The highest BCUT2D eigenvalue weighted by Crippen LogP contribution is 2.28. The third-order valence-electron chi connectivity index (χ3n) is 4.97. The Hall–Kier alpha value is -1.33. The van der Waals surface area contributed by atoms with E-state index < -0.39 is 6.10 Å². The second-order valence-electron chi connectivity index (χ2n) is 6.57. The number of hydrogen-bond acceptors (Lipinski definition) is 4. The van der Waals surface area contributed by atoms with Crippen LogP contribution in [0.5, 0.6) is 0 Å². The first-order valence-electron chi connectivity index (χ1n) is 8.44. The van der Waals surface area contributed by atoms with Crippen LogP contribution < -0.4 is 0 Å². The average molecular weight is 306 g/mol. The summed E-state index contributed by atoms with van der Waals surface area (Å²) in [5.41, 5.74) is 0. The Kier molecular flexibility index (Phi) is 5.16. The lowest BCUT2D eigenvalue weighted by Gasteiger charge is -2.35. The van der Waals surface area contributed by atoms with Crippen LogP contribution in [0.1, 0.15) is 44.0 Å². The molecule has 2 heterocycles. The molecule has 1 aromatic heterocycles. The van der Waals surface area contributed by atoms with Crippen molar-refractivity contribution < 1.29 is 14.3 Å². The van der Waals surface area contributed by atoms with E-state index >= 15 is 0 Å². The van der Waals surface area contributed by atoms with Gasteiger partial charge in [-0.3, -0.25) is 9.69 Å². The predicted octanol–water partition coefficient (Wildman–Crippen LogP) is 2.04. The van der Waals surface area contributed by atoms with Crippen LogP contribution in [-0.2, 0) is 4.79 Å². The summed E-state index contributed by atoms with van der Waals surface area (Å²) in [7, 11) is 0. The zero-order valence-electron chi connectivity index (χ0n) is 13.1. The van der Waals surface area contributed by atoms with Gasteiger partial charge in [0.05, 0.1) is 6.26 Å². The molecule has 0 spiro atoms. The van der Waals surface area contributed by atoms with Crippen molar-refractivity contribution in [3.05, 3.63) is 24.2 Å². The number of nitrogens with zero attached hydrogens (tertiary/aromatic N) is 2. The van der Waals surface area contributed by atoms with E-state index in [0.29, 0.717) is 24.1 Å². The number of furan rings is 1. The van der Waals surface area contributed by atoms with Crippen LogP contribution in [0.15, 0.2) is 22.8 Å². The molecular formula is C17H26N2O3. The number of carbonyl (C=O) groups is 1. The first-order chi connectivity index (χ1) is 10.7. The molecule has 1 saturated carbocycles. The highest BCUT2D eigenvalue weighted by atomic mass is 16.4. The van der Waals surface area contributed by atoms with Crippen molar-refractivity contribution in [2.24, 2.45) is 5.92 Å². The minimum Gasteiger partial charge on any atom is -0.467 e. The first-order valence-corrected chi connectivity index (χ1v) is 8.44. The fraction of sp³-hybridized carbons (Fsp3) is 0.706. The Morgan fingerprint density at radius 1 is 1.27 bits per heavy atom. The Bertz CT molecular complexity index is 460. The Balaban J connectivity index is 1.41. The molecular weight excluding hydrogens is 280 g/mol. The molecule has 3 rings (SSSR count). The van der Waals surface area contributed by atoms with Gasteiger partial charge < -0.3 is 14.4 Å². The summed E-state index contributed by atoms with van der Waals surface area (Å²) in [6, 6.07) is 3.59. The van der Waals surface area contributed by atoms with Gasteiger partial charge in [-0.05, 0) is 30.9 Å². The molecule has 22 heavy (non-hydrogen) atoms. The minimum atomic E-state index is -0.587. The number of rotatable bonds is 5. The van der Waals surface area contributed by atoms with E-state index in [1.54, 1.807) is 18.4 Å². The SMILES string of the molecule is O=C(CC1CCCC1)N1CCN(C[C@@H](O)c2ccco2)CC1. The predicted molar refractivity (Wildman–Crippen MR) is 83.3 cm³/mol. The van der Waals surface area contributed by atoms with Gasteiger partial charge in [-0.25, -0.2) is 0 Å². The average Bonchev–Trinajstić information content (AvgIpc) is 3.21. The van der Waals surface area contributed by atoms with Gasteiger partial charge in [-0.1, -0.05) is 12.8 Å². The van der Waals surface area contributed by atoms with E-state index in [1.807, 2.05) is 4.90 Å². The lowest BCUT2D eigenvalue weighted by Crippen LogP contribution is -2.49. The Morgan fingerprint density at radius 2 is 2.00 bits per heavy atom. The fourth-order valence-electron chi connectivity index (χ4n) is 3.59. The molecule has 1 amide bonds. The summed E-state index contributed by atoms with van der Waals surface area (Å²) < 4.78 is 5.23. The molecule has 1 saturated heterocycles. The first kappa shape index (κ1) is 15.6. The van der Waals surface area contributed by atoms with Crippen molar-refractivity contribution in [2.45, 2.75) is 38.2 Å². The van der Waals surface area contributed by atoms with Crippen LogP contribution in [0.4, 0.5) is 0 Å². The highest BCUT2D eigenvalue weighted by Gasteiger charge is 2.26. The van der Waals surface area contributed by atoms with Gasteiger partial charge in [-0.15, -0.1) is 0 Å². The van der Waals surface area contributed by atoms with Crippen LogP contribution in [0.3, 0.4) is 0 Å². The van der Waals surface area contributed by atoms with E-state index in [0.717, 1.165) is 32.6 Å². The van der Waals surface area contributed by atoms with Crippen molar-refractivity contribution in [1.82, 2.24) is 9.80 Å². The van der Waals surface area contributed by atoms with Crippen LogP contribution in [0.2, 0.25) is 0 Å². The molecule has 2 fully saturated rings. The number of hydrogen-bond donors (Lipinski definition) is 1. The number of piperazine rings is 1. The van der Waals surface area contributed by atoms with Gasteiger partial charge in [0.15, 0.2) is 0 Å². The summed E-state index contributed by atoms with van der Waals surface area (Å²) in [5, 5.41) is 10.1. The number of amides is 1. The quantitative estimate of drug-likeness (QED) is 0.904. The van der Waals surface area contributed by atoms with Crippen LogP contribution >= 0.6 is 0 Å². The largest absolute Gasteiger partial charge is 0.467 e. The normalized spacial score (nSPS) is 22.1. The maximum absolute atomic E-state index is 12.3. The van der Waals surface area contributed by atoms with Crippen LogP contribution in [-0.4, -0.2) is 53.5 Å². The molecule has 1 N–H and O–H groups in total. The zero-order valence-corrected chi connectivity index (χ0v) is 13.1. The molecule has 1 aromatic rings. The zero-order chi connectivity index (χ0) is 15.4. The lowest BCUT2D eigenvalue weighted by atomic mass is 10.0. The van der Waals surface area contributed by atoms with E-state index in [9.17, 15) is 9.90 Å². The second-order valence-corrected chi connectivity index (χ2v) is 6.57. The number of aliphatic hydroxyl groups excluding tert-OH is 1. The van der Waals surface area contributed by atoms with E-state index in [4.69, 9.17) is 4.42 Å². The topological polar surface area (TPSA) is 56.9 Å². The van der Waals surface area contributed by atoms with Crippen LogP contribution in [0, 0.1) is 5.92 Å². The molecule has 2 aliphatic rings. The molecule has 0 unspecified atom stereocenters. The molecule has 1 atom stereocenters. The van der Waals surface area contributed by atoms with Crippen molar-refractivity contribution in [2.75, 3.05) is 32.7 Å². The standard InChI is InChI=1S/C17H26N2O3/c20-15(16-6-3-11-22-16)13-18-7-9-19(10-8-18)17(21)12-14-4-1-2-5-14/h3,6,11,14-15,20H,1-2,4-5,7-10,12-13H2/t15-/m1/s1. The molecule has 5 nitrogen and oxygen atoms in total. The maximum Gasteiger partial charge on any atom is 0.222 e. The molecule has 1 aliphatic carbocycles. The number of aliphatic hydroxyl groups is 1. The van der Waals surface area contributed by atoms with E-state index in [2.05, 4.69) is 4.90 Å². The summed E-state index contributed by atoms with van der Waals surface area (Å²) in [5.74, 6) is 1.55. The van der Waals surface area contributed by atoms with Gasteiger partial charge in [-0.2, -0.15) is 0 Å². The van der Waals surface area contributed by atoms with Crippen molar-refractivity contribution >= 4 is 5.91 Å². The van der Waals surface area contributed by atoms with E-state index in [-0.39, 0.29) is 0 Å². The van der Waals surface area contributed by atoms with Crippen molar-refractivity contribution in [3.63, 3.8) is 0 Å². The Morgan fingerprint density at radius 3 is 2.64 bits per heavy atom. The van der Waals surface area contributed by atoms with Crippen molar-refractivity contribution in [3.8, 4) is 0 Å². The molecule has 1 aliphatic heterocycles. The number of carbonyl (C=O) groups excluding carboxylic acids is 1. The summed E-state index contributed by atoms with van der Waals surface area (Å²) in [6.07, 6.45) is 6.75. The van der Waals surface area contributed by atoms with Gasteiger partial charge >= 0.3 is 0 Å². The minimum absolute atomic E-state index is 0.318. The molecule has 0 radical (unpaired) electrons. The molecule has 0 bridgehead atoms. The van der Waals surface area contributed by atoms with Gasteiger partial charge in [0.25, 0.3) is 0 Å². The maximum atomic E-state index is 12.3. The highest BCUT2D eigenvalue weighted by molar-refractivity contribution is 5.76. The third-order valence-corrected chi connectivity index (χ3v) is 4.97. The van der Waals surface area contributed by atoms with Gasteiger partial charge in [0, 0.05) is 39.1 Å². The molecule has 0 aromatic carbocycles. The monoisotopic (exact) mass is 306 g/mol. The molecule has 122 valence electrons. The van der Waals surface area contributed by atoms with Crippen molar-refractivity contribution in [1.29, 1.82) is 0 Å². The third kappa shape index (κ3) is 3.90. The summed E-state index contributed by atoms with van der Waals surface area (Å²) in [6.45, 7) is 3.77. The molecule has 5 heteroatoms. The second kappa shape index (κ2) is 7.29. The fourth-order valence-corrected chi connectivity index (χ4v) is 3.59. The summed E-state index contributed by atoms with van der Waals surface area (Å²) >= 11 is 0. The van der Waals surface area contributed by atoms with E-state index in [1.165, 1.54) is 25.7 Å². The van der Waals surface area contributed by atoms with Gasteiger partial charge in [0.2, 0.25) is 5.91 Å².